The number of pyridine rings is 3. The van der Waals surface area contributed by atoms with Gasteiger partial charge in [-0.25, -0.2) is 0 Å². The normalized spacial score (nSPS) is 10.5. The molecule has 9 aromatic carbocycles. The van der Waals surface area contributed by atoms with Crippen LogP contribution in [0.5, 0.6) is 0 Å². The summed E-state index contributed by atoms with van der Waals surface area (Å²) in [7, 11) is 0. The number of rotatable bonds is 18. The number of hydrogen-bond acceptors (Lipinski definition) is 8. The van der Waals surface area contributed by atoms with Gasteiger partial charge >= 0.3 is 0 Å². The summed E-state index contributed by atoms with van der Waals surface area (Å²) < 4.78 is 0. The molecule has 13 heteroatoms. The lowest BCUT2D eigenvalue weighted by atomic mass is 10.0. The zero-order chi connectivity index (χ0) is 87.7. The Bertz CT molecular complexity index is 4950. The van der Waals surface area contributed by atoms with Crippen LogP contribution >= 0.6 is 0 Å². The summed E-state index contributed by atoms with van der Waals surface area (Å²) in [5, 5.41) is 14.7. The standard InChI is InChI=1S/C18H21NO.3C17H19NO.C13H19NO.3C8H11N/c1-12(2)15-6-5-7-16(11-15)19-18(20)17-9-8-13(3)10-14(17)4;1-12(2)14-7-5-9-16(11-14)18-17(19)15-8-4-6-13(3)10-15;1-12(2)14-8-6-9-15(11-14)18-17(19)16-10-5-4-7-13(16)3;1-12(2)15-5-4-6-16(11-15)18-17(19)14-9-7-13(3)8-10-14;1-9(2)11-6-5-7-12(8-11)14-13(15)10(3)4;1-7(2)8-3-5-9-6-4-8;1-7(2)8-4-3-5-9-6-8;1-7(2)8-5-3-4-6-9-8/h5-12H,1-4H3,(H,19,20);3*4-12H,1-3H3,(H,18,19);5-10H,1-4H3,(H,14,15);3*3-7H,1-2H3. The van der Waals surface area contributed by atoms with E-state index in [4.69, 9.17) is 0 Å². The molecular formula is C106H130N8O5. The van der Waals surface area contributed by atoms with Crippen LogP contribution in [0, 0.1) is 40.5 Å². The zero-order valence-electron chi connectivity index (χ0n) is 74.7. The Morgan fingerprint density at radius 3 is 0.983 bits per heavy atom. The van der Waals surface area contributed by atoms with E-state index in [1.807, 2.05) is 292 Å². The minimum absolute atomic E-state index is 0.0210. The van der Waals surface area contributed by atoms with Crippen molar-refractivity contribution in [1.29, 1.82) is 0 Å². The van der Waals surface area contributed by atoms with Gasteiger partial charge in [-0.15, -0.1) is 0 Å². The zero-order valence-corrected chi connectivity index (χ0v) is 74.7. The molecule has 0 aliphatic rings. The van der Waals surface area contributed by atoms with Gasteiger partial charge in [0.05, 0.1) is 0 Å². The molecule has 5 N–H and O–H groups in total. The number of nitrogens with zero attached hydrogens (tertiary/aromatic N) is 3. The molecule has 13 nitrogen and oxygen atoms in total. The fourth-order valence-electron chi connectivity index (χ4n) is 11.5. The maximum absolute atomic E-state index is 12.3. The van der Waals surface area contributed by atoms with Crippen molar-refractivity contribution >= 4 is 58.0 Å². The van der Waals surface area contributed by atoms with Gasteiger partial charge in [0, 0.05) is 93.3 Å². The van der Waals surface area contributed by atoms with Gasteiger partial charge in [-0.3, -0.25) is 38.9 Å². The van der Waals surface area contributed by atoms with E-state index in [9.17, 15) is 24.0 Å². The highest BCUT2D eigenvalue weighted by molar-refractivity contribution is 6.07. The fourth-order valence-corrected chi connectivity index (χ4v) is 11.5. The van der Waals surface area contributed by atoms with Crippen molar-refractivity contribution in [2.75, 3.05) is 26.6 Å². The highest BCUT2D eigenvalue weighted by atomic mass is 16.2. The van der Waals surface area contributed by atoms with Crippen LogP contribution in [-0.4, -0.2) is 44.5 Å². The van der Waals surface area contributed by atoms with Crippen molar-refractivity contribution in [2.45, 2.75) is 207 Å². The number of amides is 5. The summed E-state index contributed by atoms with van der Waals surface area (Å²) in [4.78, 5) is 72.3. The van der Waals surface area contributed by atoms with E-state index in [0.29, 0.717) is 58.5 Å². The van der Waals surface area contributed by atoms with Gasteiger partial charge in [0.25, 0.3) is 23.6 Å². The minimum Gasteiger partial charge on any atom is -0.326 e. The fraction of sp³-hybridized carbons (Fsp3) is 0.302. The lowest BCUT2D eigenvalue weighted by Gasteiger charge is -2.11. The molecule has 0 spiro atoms. The maximum atomic E-state index is 12.3. The third-order valence-corrected chi connectivity index (χ3v) is 19.2. The molecule has 0 saturated heterocycles. The smallest absolute Gasteiger partial charge is 0.255 e. The summed E-state index contributed by atoms with van der Waals surface area (Å²) in [5.74, 6) is 3.91. The van der Waals surface area contributed by atoms with Gasteiger partial charge in [0.1, 0.15) is 0 Å². The van der Waals surface area contributed by atoms with Crippen LogP contribution in [0.4, 0.5) is 28.4 Å². The molecule has 0 aliphatic heterocycles. The summed E-state index contributed by atoms with van der Waals surface area (Å²) in [6.45, 7) is 48.1. The second kappa shape index (κ2) is 51.1. The maximum Gasteiger partial charge on any atom is 0.255 e. The van der Waals surface area contributed by atoms with E-state index < -0.39 is 0 Å². The van der Waals surface area contributed by atoms with Crippen LogP contribution in [0.3, 0.4) is 0 Å². The molecule has 0 radical (unpaired) electrons. The first-order valence-electron chi connectivity index (χ1n) is 41.6. The highest BCUT2D eigenvalue weighted by Gasteiger charge is 2.15. The molecule has 0 unspecified atom stereocenters. The Hall–Kier alpha value is -12.2. The molecule has 0 atom stereocenters. The lowest BCUT2D eigenvalue weighted by Crippen LogP contribution is -2.17. The topological polar surface area (TPSA) is 184 Å². The van der Waals surface area contributed by atoms with Crippen LogP contribution in [-0.2, 0) is 4.79 Å². The SMILES string of the molecule is CC(C)C(=O)Nc1cccc(C(C)C)c1.CC(C)c1ccccn1.CC(C)c1cccnc1.CC(C)c1ccncc1.Cc1ccc(C(=O)Nc2cccc(C(C)C)c2)c(C)c1.Cc1ccc(C(=O)Nc2cccc(C(C)C)c2)cc1.Cc1cccc(C(=O)Nc2cccc(C(C)C)c2)c1.Cc1ccccc1C(=O)Nc1cccc(C(C)C)c1. The Balaban J connectivity index is 0.000000246. The number of anilines is 5. The van der Waals surface area contributed by atoms with Gasteiger partial charge < -0.3 is 26.6 Å². The molecule has 5 amide bonds. The van der Waals surface area contributed by atoms with E-state index in [1.54, 1.807) is 6.20 Å². The average Bonchev–Trinajstić information content (AvgIpc) is 0.853. The van der Waals surface area contributed by atoms with Crippen molar-refractivity contribution in [2.24, 2.45) is 5.92 Å². The second-order valence-electron chi connectivity index (χ2n) is 32.5. The molecule has 0 bridgehead atoms. The van der Waals surface area contributed by atoms with Gasteiger partial charge in [-0.1, -0.05) is 269 Å². The molecule has 3 aromatic heterocycles. The van der Waals surface area contributed by atoms with Crippen molar-refractivity contribution in [3.8, 4) is 0 Å². The molecule has 0 aliphatic carbocycles. The summed E-state index contributed by atoms with van der Waals surface area (Å²) in [6, 6.07) is 82.8. The quantitative estimate of drug-likeness (QED) is 0.0562. The number of nitrogens with one attached hydrogen (secondary N) is 5. The number of aromatic nitrogens is 3. The van der Waals surface area contributed by atoms with Gasteiger partial charge in [-0.05, 0) is 259 Å². The largest absolute Gasteiger partial charge is 0.326 e. The van der Waals surface area contributed by atoms with E-state index >= 15 is 0 Å². The number of hydrogen-bond donors (Lipinski definition) is 5. The van der Waals surface area contributed by atoms with Crippen LogP contribution in [0.25, 0.3) is 0 Å². The Labute approximate surface area is 712 Å². The van der Waals surface area contributed by atoms with Crippen LogP contribution < -0.4 is 26.6 Å². The number of benzene rings is 9. The van der Waals surface area contributed by atoms with Gasteiger partial charge in [0.15, 0.2) is 0 Å². The first-order valence-corrected chi connectivity index (χ1v) is 41.6. The van der Waals surface area contributed by atoms with Crippen LogP contribution in [0.15, 0.2) is 286 Å². The number of carbonyl (C=O) groups is 5. The molecule has 12 aromatic rings. The van der Waals surface area contributed by atoms with Crippen molar-refractivity contribution < 1.29 is 24.0 Å². The summed E-state index contributed by atoms with van der Waals surface area (Å²) >= 11 is 0. The first kappa shape index (κ1) is 97.4. The molecule has 12 rings (SSSR count). The van der Waals surface area contributed by atoms with Crippen LogP contribution in [0.2, 0.25) is 0 Å². The molecule has 0 fully saturated rings. The number of carbonyl (C=O) groups excluding carboxylic acids is 5. The van der Waals surface area contributed by atoms with E-state index in [-0.39, 0.29) is 35.5 Å². The summed E-state index contributed by atoms with van der Waals surface area (Å²) in [5.41, 5.74) is 22.4. The summed E-state index contributed by atoms with van der Waals surface area (Å²) in [6.07, 6.45) is 9.19. The molecule has 3 heterocycles. The second-order valence-corrected chi connectivity index (χ2v) is 32.5. The highest BCUT2D eigenvalue weighted by Crippen LogP contribution is 2.26. The average molecular weight is 1600 g/mol. The molecular weight excluding hydrogens is 1470 g/mol. The predicted octanol–water partition coefficient (Wildman–Crippen LogP) is 27.8. The van der Waals surface area contributed by atoms with Gasteiger partial charge in [-0.2, -0.15) is 0 Å². The molecule has 624 valence electrons. The first-order chi connectivity index (χ1) is 56.6. The predicted molar refractivity (Wildman–Crippen MR) is 502 cm³/mol. The Morgan fingerprint density at radius 1 is 0.252 bits per heavy atom. The number of aryl methyl sites for hydroxylation is 5. The Kier molecular flexibility index (Phi) is 41.8. The van der Waals surface area contributed by atoms with Gasteiger partial charge in [0.2, 0.25) is 5.91 Å². The van der Waals surface area contributed by atoms with Crippen molar-refractivity contribution in [3.05, 3.63) is 380 Å². The van der Waals surface area contributed by atoms with E-state index in [1.165, 1.54) is 44.5 Å². The minimum atomic E-state index is -0.0686. The van der Waals surface area contributed by atoms with Crippen molar-refractivity contribution in [1.82, 2.24) is 15.0 Å². The van der Waals surface area contributed by atoms with E-state index in [0.717, 1.165) is 67.5 Å². The molecule has 119 heavy (non-hydrogen) atoms. The molecule has 0 saturated carbocycles. The van der Waals surface area contributed by atoms with E-state index in [2.05, 4.69) is 189 Å². The lowest BCUT2D eigenvalue weighted by molar-refractivity contribution is -0.118. The van der Waals surface area contributed by atoms with Crippen LogP contribution in [0.1, 0.15) is 286 Å². The van der Waals surface area contributed by atoms with Crippen molar-refractivity contribution in [3.63, 3.8) is 0 Å². The monoisotopic (exact) mass is 1600 g/mol. The third-order valence-electron chi connectivity index (χ3n) is 19.2. The Morgan fingerprint density at radius 2 is 0.630 bits per heavy atom. The third kappa shape index (κ3) is 36.0.